The molecule has 1 atom stereocenters. The van der Waals surface area contributed by atoms with Crippen LogP contribution in [-0.4, -0.2) is 30.6 Å². The fourth-order valence-electron chi connectivity index (χ4n) is 3.70. The molecule has 0 aromatic heterocycles. The number of carbonyl (C=O) groups excluding carboxylic acids is 1. The van der Waals surface area contributed by atoms with Gasteiger partial charge in [0.1, 0.15) is 0 Å². The van der Waals surface area contributed by atoms with Crippen LogP contribution in [-0.2, 0) is 4.79 Å². The molecule has 5 heteroatoms. The Labute approximate surface area is 164 Å². The second-order valence-electron chi connectivity index (χ2n) is 7.01. The van der Waals surface area contributed by atoms with Crippen molar-refractivity contribution in [2.75, 3.05) is 19.8 Å². The quantitative estimate of drug-likeness (QED) is 0.759. The van der Waals surface area contributed by atoms with Crippen molar-refractivity contribution in [3.63, 3.8) is 0 Å². The Hall–Kier alpha value is -3.26. The first-order chi connectivity index (χ1) is 13.7. The minimum atomic E-state index is -0.000953. The summed E-state index contributed by atoms with van der Waals surface area (Å²) in [7, 11) is 0. The minimum Gasteiger partial charge on any atom is -0.490 e. The van der Waals surface area contributed by atoms with Gasteiger partial charge in [-0.2, -0.15) is 5.26 Å². The third-order valence-corrected chi connectivity index (χ3v) is 5.15. The lowest BCUT2D eigenvalue weighted by Crippen LogP contribution is -2.28. The Morgan fingerprint density at radius 1 is 1.07 bits per heavy atom. The smallest absolute Gasteiger partial charge is 0.247 e. The molecule has 2 heterocycles. The number of hydrogen-bond donors (Lipinski definition) is 0. The molecule has 5 nitrogen and oxygen atoms in total. The van der Waals surface area contributed by atoms with Crippen LogP contribution in [0.2, 0.25) is 0 Å². The molecule has 0 radical (unpaired) electrons. The number of ether oxygens (including phenoxy) is 2. The van der Waals surface area contributed by atoms with Gasteiger partial charge < -0.3 is 14.4 Å². The molecule has 2 aliphatic rings. The maximum atomic E-state index is 12.8. The molecule has 1 fully saturated rings. The molecule has 0 spiro atoms. The van der Waals surface area contributed by atoms with E-state index in [4.69, 9.17) is 14.7 Å². The molecule has 142 valence electrons. The van der Waals surface area contributed by atoms with E-state index in [1.54, 1.807) is 24.3 Å². The zero-order valence-corrected chi connectivity index (χ0v) is 15.6. The van der Waals surface area contributed by atoms with E-state index in [1.807, 2.05) is 35.2 Å². The van der Waals surface area contributed by atoms with Gasteiger partial charge in [0.2, 0.25) is 5.91 Å². The van der Waals surface area contributed by atoms with Crippen LogP contribution in [0.1, 0.15) is 42.0 Å². The third-order valence-electron chi connectivity index (χ3n) is 5.15. The summed E-state index contributed by atoms with van der Waals surface area (Å²) >= 11 is 0. The summed E-state index contributed by atoms with van der Waals surface area (Å²) in [6.07, 6.45) is 6.21. The molecular weight excluding hydrogens is 352 g/mol. The van der Waals surface area contributed by atoms with Crippen LogP contribution in [0, 0.1) is 11.3 Å². The monoisotopic (exact) mass is 374 g/mol. The second kappa shape index (κ2) is 8.18. The lowest BCUT2D eigenvalue weighted by atomic mass is 10.0. The van der Waals surface area contributed by atoms with Gasteiger partial charge in [-0.15, -0.1) is 0 Å². The van der Waals surface area contributed by atoms with E-state index in [1.165, 1.54) is 0 Å². The largest absolute Gasteiger partial charge is 0.490 e. The minimum absolute atomic E-state index is 0.000953. The molecule has 0 N–H and O–H groups in total. The predicted octanol–water partition coefficient (Wildman–Crippen LogP) is 4.10. The predicted molar refractivity (Wildman–Crippen MR) is 106 cm³/mol. The standard InChI is InChI=1S/C23H22N2O3/c24-16-18-6-4-17(5-7-18)8-11-23(26)25-12-1-3-20(25)19-9-10-21-22(15-19)28-14-2-13-27-21/h4-11,15,20H,1-3,12-14H2/b11-8+. The van der Waals surface area contributed by atoms with E-state index < -0.39 is 0 Å². The van der Waals surface area contributed by atoms with Gasteiger partial charge >= 0.3 is 0 Å². The zero-order chi connectivity index (χ0) is 19.3. The van der Waals surface area contributed by atoms with Gasteiger partial charge in [0, 0.05) is 19.0 Å². The lowest BCUT2D eigenvalue weighted by molar-refractivity contribution is -0.126. The molecule has 1 amide bonds. The van der Waals surface area contributed by atoms with Gasteiger partial charge in [-0.25, -0.2) is 0 Å². The average molecular weight is 374 g/mol. The Kier molecular flexibility index (Phi) is 5.29. The Morgan fingerprint density at radius 3 is 2.64 bits per heavy atom. The van der Waals surface area contributed by atoms with E-state index in [-0.39, 0.29) is 11.9 Å². The van der Waals surface area contributed by atoms with Crippen molar-refractivity contribution in [3.8, 4) is 17.6 Å². The summed E-state index contributed by atoms with van der Waals surface area (Å²) < 4.78 is 11.5. The molecule has 2 aromatic carbocycles. The van der Waals surface area contributed by atoms with E-state index in [9.17, 15) is 4.79 Å². The van der Waals surface area contributed by atoms with Crippen molar-refractivity contribution < 1.29 is 14.3 Å². The number of rotatable bonds is 3. The van der Waals surface area contributed by atoms with Gasteiger partial charge in [-0.1, -0.05) is 18.2 Å². The van der Waals surface area contributed by atoms with Crippen LogP contribution in [0.25, 0.3) is 6.08 Å². The zero-order valence-electron chi connectivity index (χ0n) is 15.6. The van der Waals surface area contributed by atoms with Gasteiger partial charge in [0.15, 0.2) is 11.5 Å². The summed E-state index contributed by atoms with van der Waals surface area (Å²) in [5, 5.41) is 8.87. The molecule has 1 saturated heterocycles. The molecule has 0 aliphatic carbocycles. The van der Waals surface area contributed by atoms with Crippen molar-refractivity contribution in [3.05, 3.63) is 65.2 Å². The highest BCUT2D eigenvalue weighted by Crippen LogP contribution is 2.38. The SMILES string of the molecule is N#Cc1ccc(/C=C/C(=O)N2CCCC2c2ccc3c(c2)OCCCO3)cc1. The average Bonchev–Trinajstić information content (AvgIpc) is 3.11. The van der Waals surface area contributed by atoms with Crippen molar-refractivity contribution in [1.82, 2.24) is 4.90 Å². The summed E-state index contributed by atoms with van der Waals surface area (Å²) in [6, 6.07) is 15.3. The van der Waals surface area contributed by atoms with Gasteiger partial charge in [0.25, 0.3) is 0 Å². The number of nitriles is 1. The van der Waals surface area contributed by atoms with Crippen LogP contribution >= 0.6 is 0 Å². The number of benzene rings is 2. The Morgan fingerprint density at radius 2 is 1.86 bits per heavy atom. The van der Waals surface area contributed by atoms with Crippen LogP contribution in [0.15, 0.2) is 48.5 Å². The number of carbonyl (C=O) groups is 1. The van der Waals surface area contributed by atoms with Crippen LogP contribution in [0.3, 0.4) is 0 Å². The maximum absolute atomic E-state index is 12.8. The highest BCUT2D eigenvalue weighted by Gasteiger charge is 2.29. The molecule has 0 saturated carbocycles. The van der Waals surface area contributed by atoms with Crippen molar-refractivity contribution in [1.29, 1.82) is 5.26 Å². The summed E-state index contributed by atoms with van der Waals surface area (Å²) in [5.41, 5.74) is 2.60. The van der Waals surface area contributed by atoms with Gasteiger partial charge in [-0.3, -0.25) is 4.79 Å². The highest BCUT2D eigenvalue weighted by molar-refractivity contribution is 5.92. The summed E-state index contributed by atoms with van der Waals surface area (Å²) in [4.78, 5) is 14.7. The van der Waals surface area contributed by atoms with E-state index in [2.05, 4.69) is 6.07 Å². The fraction of sp³-hybridized carbons (Fsp3) is 0.304. The number of likely N-dealkylation sites (tertiary alicyclic amines) is 1. The van der Waals surface area contributed by atoms with E-state index >= 15 is 0 Å². The first-order valence-electron chi connectivity index (χ1n) is 9.63. The topological polar surface area (TPSA) is 62.6 Å². The number of amides is 1. The molecule has 4 rings (SSSR count). The number of fused-ring (bicyclic) bond motifs is 1. The van der Waals surface area contributed by atoms with E-state index in [0.717, 1.165) is 48.4 Å². The summed E-state index contributed by atoms with van der Waals surface area (Å²) in [6.45, 7) is 2.06. The van der Waals surface area contributed by atoms with Crippen LogP contribution < -0.4 is 9.47 Å². The first kappa shape index (κ1) is 18.1. The molecule has 1 unspecified atom stereocenters. The number of nitrogens with zero attached hydrogens (tertiary/aromatic N) is 2. The van der Waals surface area contributed by atoms with E-state index in [0.29, 0.717) is 18.8 Å². The highest BCUT2D eigenvalue weighted by atomic mass is 16.5. The maximum Gasteiger partial charge on any atom is 0.247 e. The Balaban J connectivity index is 1.50. The molecular formula is C23H22N2O3. The molecule has 28 heavy (non-hydrogen) atoms. The van der Waals surface area contributed by atoms with Crippen molar-refractivity contribution in [2.24, 2.45) is 0 Å². The first-order valence-corrected chi connectivity index (χ1v) is 9.63. The van der Waals surface area contributed by atoms with Crippen molar-refractivity contribution in [2.45, 2.75) is 25.3 Å². The second-order valence-corrected chi connectivity index (χ2v) is 7.01. The third kappa shape index (κ3) is 3.86. The number of hydrogen-bond acceptors (Lipinski definition) is 4. The van der Waals surface area contributed by atoms with Crippen LogP contribution in [0.5, 0.6) is 11.5 Å². The fourth-order valence-corrected chi connectivity index (χ4v) is 3.70. The van der Waals surface area contributed by atoms with Gasteiger partial charge in [-0.05, 0) is 54.3 Å². The molecule has 0 bridgehead atoms. The van der Waals surface area contributed by atoms with Crippen molar-refractivity contribution >= 4 is 12.0 Å². The molecule has 2 aromatic rings. The normalized spacial score (nSPS) is 18.7. The van der Waals surface area contributed by atoms with Gasteiger partial charge in [0.05, 0.1) is 30.9 Å². The summed E-state index contributed by atoms with van der Waals surface area (Å²) in [5.74, 6) is 1.54. The van der Waals surface area contributed by atoms with Crippen LogP contribution in [0.4, 0.5) is 0 Å². The lowest BCUT2D eigenvalue weighted by Gasteiger charge is -2.24. The molecule has 2 aliphatic heterocycles. The Bertz CT molecular complexity index is 928.